The number of hydrogen-bond acceptors (Lipinski definition) is 7. The smallest absolute Gasteiger partial charge is 0.318 e. The Labute approximate surface area is 118 Å². The normalized spacial score (nSPS) is 9.95. The third-order valence-corrected chi connectivity index (χ3v) is 2.61. The van der Waals surface area contributed by atoms with E-state index in [0.29, 0.717) is 11.4 Å². The zero-order chi connectivity index (χ0) is 15.4. The number of nitrogens with zero attached hydrogens (tertiary/aromatic N) is 3. The van der Waals surface area contributed by atoms with E-state index in [2.05, 4.69) is 10.3 Å². The van der Waals surface area contributed by atoms with Crippen LogP contribution >= 0.6 is 0 Å². The molecule has 21 heavy (non-hydrogen) atoms. The highest BCUT2D eigenvalue weighted by Crippen LogP contribution is 2.29. The summed E-state index contributed by atoms with van der Waals surface area (Å²) in [6.45, 7) is 0. The number of methoxy groups -OCH3 is 1. The summed E-state index contributed by atoms with van der Waals surface area (Å²) in [4.78, 5) is 23.9. The highest BCUT2D eigenvalue weighted by Gasteiger charge is 2.21. The molecule has 0 saturated heterocycles. The molecule has 0 amide bonds. The van der Waals surface area contributed by atoms with Gasteiger partial charge < -0.3 is 10.1 Å². The van der Waals surface area contributed by atoms with Gasteiger partial charge in [-0.1, -0.05) is 0 Å². The molecule has 0 unspecified atom stereocenters. The molecule has 1 heterocycles. The van der Waals surface area contributed by atoms with Crippen molar-refractivity contribution in [1.29, 1.82) is 0 Å². The Kier molecular flexibility index (Phi) is 3.93. The molecule has 2 rings (SSSR count). The molecule has 1 aromatic carbocycles. The highest BCUT2D eigenvalue weighted by atomic mass is 16.6. The van der Waals surface area contributed by atoms with Gasteiger partial charge in [-0.3, -0.25) is 20.2 Å². The fourth-order valence-corrected chi connectivity index (χ4v) is 1.59. The summed E-state index contributed by atoms with van der Waals surface area (Å²) in [7, 11) is 1.52. The summed E-state index contributed by atoms with van der Waals surface area (Å²) in [5.74, 6) is 0.558. The Morgan fingerprint density at radius 3 is 2.33 bits per heavy atom. The Hall–Kier alpha value is -3.23. The zero-order valence-electron chi connectivity index (χ0n) is 10.8. The summed E-state index contributed by atoms with van der Waals surface area (Å²) >= 11 is 0. The van der Waals surface area contributed by atoms with Crippen LogP contribution in [-0.2, 0) is 0 Å². The molecule has 0 spiro atoms. The number of rotatable bonds is 5. The topological polar surface area (TPSA) is 120 Å². The third kappa shape index (κ3) is 3.21. The molecule has 9 heteroatoms. The van der Waals surface area contributed by atoms with Crippen LogP contribution in [0.1, 0.15) is 0 Å². The lowest BCUT2D eigenvalue weighted by molar-refractivity contribution is -0.394. The van der Waals surface area contributed by atoms with Gasteiger partial charge in [-0.25, -0.2) is 4.98 Å². The second-order valence-electron chi connectivity index (χ2n) is 3.93. The standard InChI is InChI=1S/C12H10N4O5/c1-21-10-4-2-8(3-5-10)14-12-11(16(19)20)6-9(7-13-12)15(17)18/h2-7H,1H3,(H,13,14). The van der Waals surface area contributed by atoms with Crippen molar-refractivity contribution in [3.63, 3.8) is 0 Å². The van der Waals surface area contributed by atoms with Crippen LogP contribution in [0.2, 0.25) is 0 Å². The molecule has 2 aromatic rings. The molecule has 0 fully saturated rings. The fourth-order valence-electron chi connectivity index (χ4n) is 1.59. The number of hydrogen-bond donors (Lipinski definition) is 1. The summed E-state index contributed by atoms with van der Waals surface area (Å²) in [6, 6.07) is 7.48. The molecule has 0 radical (unpaired) electrons. The van der Waals surface area contributed by atoms with E-state index in [1.807, 2.05) is 0 Å². The van der Waals surface area contributed by atoms with E-state index in [-0.39, 0.29) is 5.82 Å². The largest absolute Gasteiger partial charge is 0.497 e. The first-order valence-electron chi connectivity index (χ1n) is 5.71. The molecular weight excluding hydrogens is 280 g/mol. The van der Waals surface area contributed by atoms with Crippen LogP contribution in [0.15, 0.2) is 36.5 Å². The van der Waals surface area contributed by atoms with Crippen molar-refractivity contribution in [2.75, 3.05) is 12.4 Å². The van der Waals surface area contributed by atoms with Crippen molar-refractivity contribution < 1.29 is 14.6 Å². The molecule has 0 bridgehead atoms. The molecule has 1 aromatic heterocycles. The number of ether oxygens (including phenoxy) is 1. The predicted octanol–water partition coefficient (Wildman–Crippen LogP) is 2.65. The van der Waals surface area contributed by atoms with Gasteiger partial charge in [-0.05, 0) is 24.3 Å². The average Bonchev–Trinajstić information content (AvgIpc) is 2.48. The van der Waals surface area contributed by atoms with Crippen LogP contribution in [0, 0.1) is 20.2 Å². The van der Waals surface area contributed by atoms with E-state index in [4.69, 9.17) is 4.74 Å². The molecular formula is C12H10N4O5. The van der Waals surface area contributed by atoms with Gasteiger partial charge >= 0.3 is 5.69 Å². The summed E-state index contributed by atoms with van der Waals surface area (Å²) in [6.07, 6.45) is 0.957. The van der Waals surface area contributed by atoms with Gasteiger partial charge in [0.1, 0.15) is 11.9 Å². The maximum atomic E-state index is 11.0. The van der Waals surface area contributed by atoms with Crippen LogP contribution < -0.4 is 10.1 Å². The molecule has 108 valence electrons. The SMILES string of the molecule is COc1ccc(Nc2ncc([N+](=O)[O-])cc2[N+](=O)[O-])cc1. The minimum Gasteiger partial charge on any atom is -0.497 e. The minimum atomic E-state index is -0.739. The lowest BCUT2D eigenvalue weighted by atomic mass is 10.3. The Morgan fingerprint density at radius 2 is 1.81 bits per heavy atom. The molecule has 0 saturated carbocycles. The van der Waals surface area contributed by atoms with E-state index in [0.717, 1.165) is 12.3 Å². The zero-order valence-corrected chi connectivity index (χ0v) is 10.8. The molecule has 9 nitrogen and oxygen atoms in total. The van der Waals surface area contributed by atoms with Gasteiger partial charge in [0.15, 0.2) is 0 Å². The van der Waals surface area contributed by atoms with Crippen LogP contribution in [0.25, 0.3) is 0 Å². The number of anilines is 2. The van der Waals surface area contributed by atoms with Crippen molar-refractivity contribution in [3.8, 4) is 5.75 Å². The van der Waals surface area contributed by atoms with Gasteiger partial charge in [0.2, 0.25) is 5.82 Å². The summed E-state index contributed by atoms with van der Waals surface area (Å²) in [5.41, 5.74) is -0.373. The molecule has 0 atom stereocenters. The van der Waals surface area contributed by atoms with Gasteiger partial charge in [0, 0.05) is 5.69 Å². The van der Waals surface area contributed by atoms with Crippen LogP contribution in [0.3, 0.4) is 0 Å². The Bertz CT molecular complexity index is 687. The Balaban J connectivity index is 2.34. The van der Waals surface area contributed by atoms with E-state index < -0.39 is 21.2 Å². The average molecular weight is 290 g/mol. The maximum Gasteiger partial charge on any atom is 0.318 e. The van der Waals surface area contributed by atoms with E-state index in [1.54, 1.807) is 24.3 Å². The van der Waals surface area contributed by atoms with Crippen molar-refractivity contribution in [3.05, 3.63) is 56.8 Å². The van der Waals surface area contributed by atoms with Gasteiger partial charge in [-0.2, -0.15) is 0 Å². The fraction of sp³-hybridized carbons (Fsp3) is 0.0833. The van der Waals surface area contributed by atoms with Crippen molar-refractivity contribution in [2.45, 2.75) is 0 Å². The first-order valence-corrected chi connectivity index (χ1v) is 5.71. The molecule has 1 N–H and O–H groups in total. The number of nitrogens with one attached hydrogen (secondary N) is 1. The number of aromatic nitrogens is 1. The molecule has 0 aliphatic heterocycles. The van der Waals surface area contributed by atoms with Gasteiger partial charge in [0.05, 0.1) is 23.0 Å². The van der Waals surface area contributed by atoms with Crippen LogP contribution in [0.4, 0.5) is 22.9 Å². The monoisotopic (exact) mass is 290 g/mol. The number of benzene rings is 1. The number of nitro groups is 2. The third-order valence-electron chi connectivity index (χ3n) is 2.61. The van der Waals surface area contributed by atoms with E-state index in [9.17, 15) is 20.2 Å². The molecule has 0 aliphatic rings. The van der Waals surface area contributed by atoms with Gasteiger partial charge in [-0.15, -0.1) is 0 Å². The lowest BCUT2D eigenvalue weighted by Crippen LogP contribution is -2.01. The highest BCUT2D eigenvalue weighted by molar-refractivity contribution is 5.67. The minimum absolute atomic E-state index is 0.0734. The summed E-state index contributed by atoms with van der Waals surface area (Å²) in [5, 5.41) is 24.3. The van der Waals surface area contributed by atoms with Crippen LogP contribution in [-0.4, -0.2) is 21.9 Å². The van der Waals surface area contributed by atoms with Crippen molar-refractivity contribution >= 4 is 22.9 Å². The molecule has 0 aliphatic carbocycles. The van der Waals surface area contributed by atoms with Crippen molar-refractivity contribution in [1.82, 2.24) is 4.98 Å². The van der Waals surface area contributed by atoms with E-state index >= 15 is 0 Å². The second kappa shape index (κ2) is 5.82. The summed E-state index contributed by atoms with van der Waals surface area (Å²) < 4.78 is 5.00. The van der Waals surface area contributed by atoms with Gasteiger partial charge in [0.25, 0.3) is 5.69 Å². The van der Waals surface area contributed by atoms with E-state index in [1.165, 1.54) is 7.11 Å². The maximum absolute atomic E-state index is 11.0. The first kappa shape index (κ1) is 14.2. The van der Waals surface area contributed by atoms with Crippen LogP contribution in [0.5, 0.6) is 5.75 Å². The Morgan fingerprint density at radius 1 is 1.14 bits per heavy atom. The second-order valence-corrected chi connectivity index (χ2v) is 3.93. The first-order chi connectivity index (χ1) is 10.0. The quantitative estimate of drug-likeness (QED) is 0.663. The lowest BCUT2D eigenvalue weighted by Gasteiger charge is -2.06. The predicted molar refractivity (Wildman–Crippen MR) is 73.8 cm³/mol. The number of pyridine rings is 1. The van der Waals surface area contributed by atoms with Crippen molar-refractivity contribution in [2.24, 2.45) is 0 Å².